The van der Waals surface area contributed by atoms with Crippen LogP contribution in [0.3, 0.4) is 0 Å². The summed E-state index contributed by atoms with van der Waals surface area (Å²) in [4.78, 5) is 24.2. The zero-order valence-electron chi connectivity index (χ0n) is 16.4. The van der Waals surface area contributed by atoms with Crippen molar-refractivity contribution in [1.29, 1.82) is 0 Å². The molecule has 1 aliphatic carbocycles. The van der Waals surface area contributed by atoms with E-state index in [2.05, 4.69) is 27.4 Å². The molecule has 4 rings (SSSR count). The van der Waals surface area contributed by atoms with Crippen LogP contribution in [0, 0.1) is 0 Å². The molecule has 0 saturated heterocycles. The van der Waals surface area contributed by atoms with Crippen molar-refractivity contribution in [2.75, 3.05) is 24.3 Å². The Kier molecular flexibility index (Phi) is 6.22. The molecule has 2 heterocycles. The Morgan fingerprint density at radius 2 is 2.03 bits per heavy atom. The van der Waals surface area contributed by atoms with E-state index in [0.29, 0.717) is 48.6 Å². The molecule has 158 valence electrons. The van der Waals surface area contributed by atoms with Crippen LogP contribution >= 0.6 is 11.8 Å². The molecule has 0 radical (unpaired) electrons. The number of anilines is 1. The number of ether oxygens (including phenoxy) is 2. The van der Waals surface area contributed by atoms with Crippen molar-refractivity contribution in [1.82, 2.24) is 20.1 Å². The molecule has 9 nitrogen and oxygen atoms in total. The molecule has 1 aromatic heterocycles. The fraction of sp³-hybridized carbons (Fsp3) is 0.400. The Bertz CT molecular complexity index is 957. The first kappa shape index (κ1) is 20.3. The minimum absolute atomic E-state index is 0.180. The molecule has 0 spiro atoms. The maximum absolute atomic E-state index is 12.1. The van der Waals surface area contributed by atoms with Crippen molar-refractivity contribution >= 4 is 29.4 Å². The summed E-state index contributed by atoms with van der Waals surface area (Å²) in [6.45, 7) is 5.39. The van der Waals surface area contributed by atoms with E-state index in [1.54, 1.807) is 18.2 Å². The first-order valence-electron chi connectivity index (χ1n) is 9.81. The molecule has 1 aromatic carbocycles. The number of nitrogens with one attached hydrogen (secondary N) is 2. The van der Waals surface area contributed by atoms with Crippen molar-refractivity contribution in [2.24, 2.45) is 0 Å². The first-order valence-corrected chi connectivity index (χ1v) is 10.8. The van der Waals surface area contributed by atoms with Crippen LogP contribution in [-0.2, 0) is 11.3 Å². The highest BCUT2D eigenvalue weighted by Gasteiger charge is 2.30. The summed E-state index contributed by atoms with van der Waals surface area (Å²) in [5.74, 6) is 2.79. The second-order valence-corrected chi connectivity index (χ2v) is 8.04. The molecule has 0 unspecified atom stereocenters. The SMILES string of the molecule is C=CCn1c(SCCC(=O)NC(=O)Nc2ccc3c(c2)OCCO3)nnc1C1CC1. The standard InChI is InChI=1S/C20H23N5O4S/c1-2-8-25-18(13-3-4-13)23-24-20(25)30-11-7-17(26)22-19(27)21-14-5-6-15-16(12-14)29-10-9-28-15/h2,5-6,12-13H,1,3-4,7-11H2,(H2,21,22,26,27). The number of amides is 3. The van der Waals surface area contributed by atoms with Crippen LogP contribution in [0.1, 0.15) is 31.0 Å². The molecule has 1 fully saturated rings. The summed E-state index contributed by atoms with van der Waals surface area (Å²) in [5, 5.41) is 14.3. The zero-order valence-corrected chi connectivity index (χ0v) is 17.2. The Balaban J connectivity index is 1.24. The number of imide groups is 1. The Hall–Kier alpha value is -3.01. The van der Waals surface area contributed by atoms with E-state index < -0.39 is 6.03 Å². The maximum atomic E-state index is 12.1. The predicted octanol–water partition coefficient (Wildman–Crippen LogP) is 2.94. The van der Waals surface area contributed by atoms with Crippen LogP contribution in [0.25, 0.3) is 0 Å². The summed E-state index contributed by atoms with van der Waals surface area (Å²) >= 11 is 1.45. The number of hydrogen-bond donors (Lipinski definition) is 2. The fourth-order valence-electron chi connectivity index (χ4n) is 3.06. The van der Waals surface area contributed by atoms with Crippen LogP contribution < -0.4 is 20.1 Å². The van der Waals surface area contributed by atoms with Crippen molar-refractivity contribution in [2.45, 2.75) is 36.9 Å². The van der Waals surface area contributed by atoms with Crippen LogP contribution in [0.5, 0.6) is 11.5 Å². The van der Waals surface area contributed by atoms with Gasteiger partial charge in [-0.15, -0.1) is 16.8 Å². The topological polar surface area (TPSA) is 107 Å². The Morgan fingerprint density at radius 3 is 2.80 bits per heavy atom. The van der Waals surface area contributed by atoms with Crippen molar-refractivity contribution in [3.8, 4) is 11.5 Å². The predicted molar refractivity (Wildman–Crippen MR) is 112 cm³/mol. The van der Waals surface area contributed by atoms with Gasteiger partial charge in [0.25, 0.3) is 0 Å². The monoisotopic (exact) mass is 429 g/mol. The van der Waals surface area contributed by atoms with Crippen LogP contribution in [0.2, 0.25) is 0 Å². The Morgan fingerprint density at radius 1 is 1.23 bits per heavy atom. The molecule has 30 heavy (non-hydrogen) atoms. The summed E-state index contributed by atoms with van der Waals surface area (Å²) in [6.07, 6.45) is 4.27. The van der Waals surface area contributed by atoms with Gasteiger partial charge in [0, 0.05) is 36.4 Å². The molecular weight excluding hydrogens is 406 g/mol. The van der Waals surface area contributed by atoms with Crippen molar-refractivity contribution in [3.63, 3.8) is 0 Å². The molecule has 2 aliphatic rings. The quantitative estimate of drug-likeness (QED) is 0.491. The maximum Gasteiger partial charge on any atom is 0.325 e. The first-order chi connectivity index (χ1) is 14.6. The number of carbonyl (C=O) groups is 2. The average Bonchev–Trinajstić information content (AvgIpc) is 3.50. The molecule has 0 atom stereocenters. The minimum Gasteiger partial charge on any atom is -0.486 e. The van der Waals surface area contributed by atoms with Gasteiger partial charge in [-0.1, -0.05) is 17.8 Å². The highest BCUT2D eigenvalue weighted by atomic mass is 32.2. The molecule has 1 aliphatic heterocycles. The van der Waals surface area contributed by atoms with Crippen molar-refractivity contribution in [3.05, 3.63) is 36.7 Å². The number of carbonyl (C=O) groups excluding carboxylic acids is 2. The van der Waals surface area contributed by atoms with Crippen LogP contribution in [0.15, 0.2) is 36.0 Å². The van der Waals surface area contributed by atoms with E-state index in [-0.39, 0.29) is 12.3 Å². The van der Waals surface area contributed by atoms with Crippen molar-refractivity contribution < 1.29 is 19.1 Å². The van der Waals surface area contributed by atoms with Crippen LogP contribution in [-0.4, -0.2) is 45.7 Å². The number of thioether (sulfide) groups is 1. The second-order valence-electron chi connectivity index (χ2n) is 6.97. The van der Waals surface area contributed by atoms with E-state index in [1.807, 2.05) is 10.6 Å². The number of urea groups is 1. The summed E-state index contributed by atoms with van der Waals surface area (Å²) in [6, 6.07) is 4.49. The summed E-state index contributed by atoms with van der Waals surface area (Å²) < 4.78 is 13.0. The molecule has 3 amide bonds. The lowest BCUT2D eigenvalue weighted by molar-refractivity contribution is -0.119. The molecule has 0 bridgehead atoms. The third kappa shape index (κ3) is 4.93. The largest absolute Gasteiger partial charge is 0.486 e. The smallest absolute Gasteiger partial charge is 0.325 e. The molecule has 1 saturated carbocycles. The van der Waals surface area contributed by atoms with Gasteiger partial charge in [-0.05, 0) is 25.0 Å². The normalized spacial score (nSPS) is 14.8. The van der Waals surface area contributed by atoms with Gasteiger partial charge in [0.1, 0.15) is 19.0 Å². The zero-order chi connectivity index (χ0) is 20.9. The average molecular weight is 430 g/mol. The third-order valence-corrected chi connectivity index (χ3v) is 5.58. The highest BCUT2D eigenvalue weighted by Crippen LogP contribution is 2.40. The molecular formula is C20H23N5O4S. The number of nitrogens with zero attached hydrogens (tertiary/aromatic N) is 3. The Labute approximate surface area is 178 Å². The number of hydrogen-bond acceptors (Lipinski definition) is 7. The van der Waals surface area contributed by atoms with Gasteiger partial charge < -0.3 is 19.4 Å². The molecule has 10 heteroatoms. The van der Waals surface area contributed by atoms with E-state index in [0.717, 1.165) is 23.8 Å². The van der Waals surface area contributed by atoms with E-state index in [1.165, 1.54) is 11.8 Å². The van der Waals surface area contributed by atoms with Gasteiger partial charge in [0.05, 0.1) is 0 Å². The van der Waals surface area contributed by atoms with E-state index in [9.17, 15) is 9.59 Å². The van der Waals surface area contributed by atoms with Gasteiger partial charge in [-0.25, -0.2) is 4.79 Å². The van der Waals surface area contributed by atoms with Gasteiger partial charge in [0.2, 0.25) is 5.91 Å². The number of allylic oxidation sites excluding steroid dienone is 1. The molecule has 2 N–H and O–H groups in total. The van der Waals surface area contributed by atoms with Gasteiger partial charge in [-0.2, -0.15) is 0 Å². The lowest BCUT2D eigenvalue weighted by atomic mass is 10.2. The van der Waals surface area contributed by atoms with E-state index in [4.69, 9.17) is 9.47 Å². The van der Waals surface area contributed by atoms with E-state index >= 15 is 0 Å². The number of aromatic nitrogens is 3. The van der Waals surface area contributed by atoms with Crippen LogP contribution in [0.4, 0.5) is 10.5 Å². The van der Waals surface area contributed by atoms with Gasteiger partial charge in [0.15, 0.2) is 16.7 Å². The number of benzene rings is 1. The third-order valence-electron chi connectivity index (χ3n) is 4.61. The fourth-order valence-corrected chi connectivity index (χ4v) is 3.95. The highest BCUT2D eigenvalue weighted by molar-refractivity contribution is 7.99. The van der Waals surface area contributed by atoms with Gasteiger partial charge >= 0.3 is 6.03 Å². The number of fused-ring (bicyclic) bond motifs is 1. The summed E-state index contributed by atoms with van der Waals surface area (Å²) in [7, 11) is 0. The lowest BCUT2D eigenvalue weighted by Crippen LogP contribution is -2.34. The number of rotatable bonds is 8. The minimum atomic E-state index is -0.590. The molecule has 2 aromatic rings. The lowest BCUT2D eigenvalue weighted by Gasteiger charge is -2.19. The van der Waals surface area contributed by atoms with Gasteiger partial charge in [-0.3, -0.25) is 10.1 Å². The second kappa shape index (κ2) is 9.21. The summed E-state index contributed by atoms with van der Waals surface area (Å²) in [5.41, 5.74) is 0.518.